The van der Waals surface area contributed by atoms with Crippen LogP contribution in [0, 0.1) is 13.8 Å². The predicted octanol–water partition coefficient (Wildman–Crippen LogP) is 2.09. The Labute approximate surface area is 105 Å². The van der Waals surface area contributed by atoms with Gasteiger partial charge in [0.1, 0.15) is 5.75 Å². The van der Waals surface area contributed by atoms with Crippen molar-refractivity contribution >= 4 is 17.6 Å². The molecule has 0 aromatic heterocycles. The summed E-state index contributed by atoms with van der Waals surface area (Å²) < 4.78 is 5.22. The van der Waals surface area contributed by atoms with E-state index in [1.54, 1.807) is 0 Å². The van der Waals surface area contributed by atoms with Crippen LogP contribution in [0.15, 0.2) is 6.07 Å². The van der Waals surface area contributed by atoms with Gasteiger partial charge >= 0.3 is 5.97 Å². The van der Waals surface area contributed by atoms with Crippen LogP contribution in [0.5, 0.6) is 5.75 Å². The molecule has 1 atom stereocenters. The van der Waals surface area contributed by atoms with E-state index in [0.717, 1.165) is 11.1 Å². The largest absolute Gasteiger partial charge is 0.495 e. The van der Waals surface area contributed by atoms with Gasteiger partial charge in [0.15, 0.2) is 0 Å². The summed E-state index contributed by atoms with van der Waals surface area (Å²) in [6.07, 6.45) is 0. The van der Waals surface area contributed by atoms with Crippen LogP contribution in [0.3, 0.4) is 0 Å². The van der Waals surface area contributed by atoms with Gasteiger partial charge in [-0.1, -0.05) is 17.7 Å². The number of carboxylic acids is 1. The Morgan fingerprint density at radius 3 is 2.53 bits per heavy atom. The number of methoxy groups -OCH3 is 1. The Hall–Kier alpha value is -1.26. The van der Waals surface area contributed by atoms with Gasteiger partial charge in [-0.15, -0.1) is 0 Å². The van der Waals surface area contributed by atoms with E-state index in [1.807, 2.05) is 19.9 Å². The van der Waals surface area contributed by atoms with Gasteiger partial charge in [-0.2, -0.15) is 0 Å². The van der Waals surface area contributed by atoms with Crippen molar-refractivity contribution in [3.8, 4) is 5.75 Å². The van der Waals surface area contributed by atoms with E-state index in [1.165, 1.54) is 7.11 Å². The highest BCUT2D eigenvalue weighted by Gasteiger charge is 2.26. The molecule has 1 aromatic carbocycles. The van der Waals surface area contributed by atoms with E-state index in [4.69, 9.17) is 27.2 Å². The van der Waals surface area contributed by atoms with E-state index in [2.05, 4.69) is 0 Å². The van der Waals surface area contributed by atoms with Gasteiger partial charge in [-0.3, -0.25) is 4.79 Å². The molecule has 0 aliphatic heterocycles. The fraction of sp³-hybridized carbons (Fsp3) is 0.417. The van der Waals surface area contributed by atoms with Crippen molar-refractivity contribution in [3.63, 3.8) is 0 Å². The quantitative estimate of drug-likeness (QED) is 0.866. The molecular weight excluding hydrogens is 242 g/mol. The van der Waals surface area contributed by atoms with Crippen molar-refractivity contribution in [2.75, 3.05) is 13.7 Å². The maximum absolute atomic E-state index is 11.2. The van der Waals surface area contributed by atoms with Gasteiger partial charge in [-0.25, -0.2) is 0 Å². The summed E-state index contributed by atoms with van der Waals surface area (Å²) in [5, 5.41) is 9.59. The zero-order chi connectivity index (χ0) is 13.2. The second kappa shape index (κ2) is 5.38. The zero-order valence-corrected chi connectivity index (χ0v) is 10.8. The summed E-state index contributed by atoms with van der Waals surface area (Å²) in [6, 6.07) is 1.84. The summed E-state index contributed by atoms with van der Waals surface area (Å²) >= 11 is 6.12. The maximum Gasteiger partial charge on any atom is 0.312 e. The van der Waals surface area contributed by atoms with Crippen molar-refractivity contribution < 1.29 is 14.6 Å². The van der Waals surface area contributed by atoms with E-state index < -0.39 is 11.9 Å². The molecule has 0 saturated heterocycles. The molecule has 0 bridgehead atoms. The van der Waals surface area contributed by atoms with Gasteiger partial charge in [0.05, 0.1) is 18.1 Å². The molecule has 94 valence electrons. The van der Waals surface area contributed by atoms with Gasteiger partial charge in [-0.05, 0) is 25.0 Å². The number of aliphatic carboxylic acids is 1. The minimum Gasteiger partial charge on any atom is -0.495 e. The standard InChI is InChI=1S/C12H16ClNO3/c1-6-4-7(2)10(13)11(17-3)9(6)8(5-14)12(15)16/h4,8H,5,14H2,1-3H3,(H,15,16). The summed E-state index contributed by atoms with van der Waals surface area (Å²) in [4.78, 5) is 11.2. The van der Waals surface area contributed by atoms with Crippen LogP contribution in [-0.4, -0.2) is 24.7 Å². The maximum atomic E-state index is 11.2. The number of carboxylic acid groups (broad SMARTS) is 1. The average Bonchev–Trinajstić information content (AvgIpc) is 2.26. The number of ether oxygens (including phenoxy) is 1. The van der Waals surface area contributed by atoms with Gasteiger partial charge in [0.25, 0.3) is 0 Å². The van der Waals surface area contributed by atoms with Crippen molar-refractivity contribution in [1.29, 1.82) is 0 Å². The molecule has 0 aliphatic carbocycles. The minimum absolute atomic E-state index is 0.00588. The number of benzene rings is 1. The molecule has 5 heteroatoms. The van der Waals surface area contributed by atoms with Crippen LogP contribution in [0.1, 0.15) is 22.6 Å². The van der Waals surface area contributed by atoms with E-state index in [9.17, 15) is 4.79 Å². The van der Waals surface area contributed by atoms with Crippen LogP contribution in [0.25, 0.3) is 0 Å². The number of nitrogens with two attached hydrogens (primary N) is 1. The highest BCUT2D eigenvalue weighted by atomic mass is 35.5. The van der Waals surface area contributed by atoms with Gasteiger partial charge in [0.2, 0.25) is 0 Å². The SMILES string of the molecule is COc1c(Cl)c(C)cc(C)c1C(CN)C(=O)O. The summed E-state index contributed by atoms with van der Waals surface area (Å²) in [7, 11) is 1.47. The Balaban J connectivity index is 3.50. The first-order valence-corrected chi connectivity index (χ1v) is 5.58. The molecule has 0 amide bonds. The Kier molecular flexibility index (Phi) is 4.37. The lowest BCUT2D eigenvalue weighted by molar-refractivity contribution is -0.138. The normalized spacial score (nSPS) is 12.3. The molecule has 0 radical (unpaired) electrons. The second-order valence-corrected chi connectivity index (χ2v) is 4.28. The monoisotopic (exact) mass is 257 g/mol. The van der Waals surface area contributed by atoms with Gasteiger partial charge < -0.3 is 15.6 Å². The second-order valence-electron chi connectivity index (χ2n) is 3.90. The first-order valence-electron chi connectivity index (χ1n) is 5.20. The molecule has 1 aromatic rings. The molecule has 1 unspecified atom stereocenters. The van der Waals surface area contributed by atoms with Crippen molar-refractivity contribution in [1.82, 2.24) is 0 Å². The molecule has 3 N–H and O–H groups in total. The molecular formula is C12H16ClNO3. The topological polar surface area (TPSA) is 72.5 Å². The van der Waals surface area contributed by atoms with E-state index in [0.29, 0.717) is 16.3 Å². The average molecular weight is 258 g/mol. The van der Waals surface area contributed by atoms with Crippen molar-refractivity contribution in [2.45, 2.75) is 19.8 Å². The number of rotatable bonds is 4. The van der Waals surface area contributed by atoms with Crippen LogP contribution < -0.4 is 10.5 Å². The predicted molar refractivity (Wildman–Crippen MR) is 66.9 cm³/mol. The lowest BCUT2D eigenvalue weighted by atomic mass is 9.92. The molecule has 1 rings (SSSR count). The van der Waals surface area contributed by atoms with Crippen LogP contribution >= 0.6 is 11.6 Å². The van der Waals surface area contributed by atoms with Crippen LogP contribution in [0.4, 0.5) is 0 Å². The first kappa shape index (κ1) is 13.8. The van der Waals surface area contributed by atoms with E-state index >= 15 is 0 Å². The Morgan fingerprint density at radius 2 is 2.12 bits per heavy atom. The smallest absolute Gasteiger partial charge is 0.312 e. The lowest BCUT2D eigenvalue weighted by Gasteiger charge is -2.19. The van der Waals surface area contributed by atoms with Gasteiger partial charge in [0, 0.05) is 12.1 Å². The molecule has 0 aliphatic rings. The Bertz CT molecular complexity index is 446. The fourth-order valence-electron chi connectivity index (χ4n) is 1.92. The number of carbonyl (C=O) groups is 1. The summed E-state index contributed by atoms with van der Waals surface area (Å²) in [6.45, 7) is 3.68. The van der Waals surface area contributed by atoms with E-state index in [-0.39, 0.29) is 6.54 Å². The highest BCUT2D eigenvalue weighted by Crippen LogP contribution is 2.38. The summed E-state index contributed by atoms with van der Waals surface area (Å²) in [5.74, 6) is -1.38. The van der Waals surface area contributed by atoms with Crippen molar-refractivity contribution in [2.24, 2.45) is 5.73 Å². The Morgan fingerprint density at radius 1 is 1.53 bits per heavy atom. The third-order valence-electron chi connectivity index (χ3n) is 2.73. The summed E-state index contributed by atoms with van der Waals surface area (Å²) in [5.41, 5.74) is 7.73. The fourth-order valence-corrected chi connectivity index (χ4v) is 2.15. The molecule has 0 fully saturated rings. The van der Waals surface area contributed by atoms with Crippen molar-refractivity contribution in [3.05, 3.63) is 27.8 Å². The zero-order valence-electron chi connectivity index (χ0n) is 10.1. The molecule has 0 heterocycles. The number of aryl methyl sites for hydroxylation is 2. The molecule has 17 heavy (non-hydrogen) atoms. The molecule has 0 saturated carbocycles. The lowest BCUT2D eigenvalue weighted by Crippen LogP contribution is -2.22. The van der Waals surface area contributed by atoms with Crippen LogP contribution in [-0.2, 0) is 4.79 Å². The molecule has 0 spiro atoms. The number of halogens is 1. The highest BCUT2D eigenvalue weighted by molar-refractivity contribution is 6.33. The minimum atomic E-state index is -0.978. The number of hydrogen-bond acceptors (Lipinski definition) is 3. The van der Waals surface area contributed by atoms with Crippen LogP contribution in [0.2, 0.25) is 5.02 Å². The first-order chi connectivity index (χ1) is 7.93. The third-order valence-corrected chi connectivity index (χ3v) is 3.20. The molecule has 4 nitrogen and oxygen atoms in total. The number of hydrogen-bond donors (Lipinski definition) is 2. The third kappa shape index (κ3) is 2.53.